The molecule has 0 spiro atoms. The number of fused-ring (bicyclic) bond motifs is 1. The number of hydrogen-bond acceptors (Lipinski definition) is 4. The van der Waals surface area contributed by atoms with Crippen LogP contribution in [-0.4, -0.2) is 12.5 Å². The van der Waals surface area contributed by atoms with Gasteiger partial charge < -0.3 is 15.4 Å². The molecule has 0 fully saturated rings. The van der Waals surface area contributed by atoms with E-state index in [-0.39, 0.29) is 18.6 Å². The maximum atomic E-state index is 11.3. The summed E-state index contributed by atoms with van der Waals surface area (Å²) in [6.07, 6.45) is 0. The van der Waals surface area contributed by atoms with E-state index in [0.717, 1.165) is 15.6 Å². The Morgan fingerprint density at radius 1 is 1.45 bits per heavy atom. The molecular formula is C14H13ClN2O2S. The molecule has 2 aromatic rings. The first kappa shape index (κ1) is 13.3. The zero-order valence-corrected chi connectivity index (χ0v) is 12.3. The molecule has 104 valence electrons. The van der Waals surface area contributed by atoms with Crippen LogP contribution in [0, 0.1) is 0 Å². The van der Waals surface area contributed by atoms with Crippen LogP contribution >= 0.6 is 22.9 Å². The molecule has 0 saturated heterocycles. The second-order valence-electron chi connectivity index (χ2n) is 4.60. The number of anilines is 2. The largest absolute Gasteiger partial charge is 0.482 e. The summed E-state index contributed by atoms with van der Waals surface area (Å²) in [7, 11) is 0. The number of halogens is 1. The summed E-state index contributed by atoms with van der Waals surface area (Å²) in [4.78, 5) is 11.3. The number of ether oxygens (including phenoxy) is 1. The molecule has 0 saturated carbocycles. The van der Waals surface area contributed by atoms with Crippen molar-refractivity contribution in [1.29, 1.82) is 0 Å². The van der Waals surface area contributed by atoms with Crippen LogP contribution < -0.4 is 15.4 Å². The van der Waals surface area contributed by atoms with E-state index in [1.807, 2.05) is 29.6 Å². The molecule has 6 heteroatoms. The van der Waals surface area contributed by atoms with Crippen LogP contribution in [0.25, 0.3) is 0 Å². The molecule has 2 heterocycles. The first-order valence-electron chi connectivity index (χ1n) is 6.19. The second kappa shape index (κ2) is 5.34. The van der Waals surface area contributed by atoms with Crippen LogP contribution in [0.15, 0.2) is 29.6 Å². The fourth-order valence-electron chi connectivity index (χ4n) is 2.06. The highest BCUT2D eigenvalue weighted by Gasteiger charge is 2.16. The quantitative estimate of drug-likeness (QED) is 0.904. The Labute approximate surface area is 125 Å². The van der Waals surface area contributed by atoms with E-state index in [4.69, 9.17) is 16.3 Å². The topological polar surface area (TPSA) is 50.4 Å². The van der Waals surface area contributed by atoms with Gasteiger partial charge in [-0.1, -0.05) is 11.6 Å². The minimum atomic E-state index is -0.132. The summed E-state index contributed by atoms with van der Waals surface area (Å²) in [5.41, 5.74) is 2.75. The fourth-order valence-corrected chi connectivity index (χ4v) is 3.04. The number of rotatable bonds is 3. The SMILES string of the molecule is CC(Nc1ccc2c(c1)NC(=O)CO2)c1csc(Cl)c1. The number of hydrogen-bond donors (Lipinski definition) is 2. The van der Waals surface area contributed by atoms with Gasteiger partial charge in [0, 0.05) is 11.7 Å². The van der Waals surface area contributed by atoms with Gasteiger partial charge in [0.2, 0.25) is 0 Å². The summed E-state index contributed by atoms with van der Waals surface area (Å²) in [5.74, 6) is 0.564. The van der Waals surface area contributed by atoms with Crippen LogP contribution in [0.4, 0.5) is 11.4 Å². The number of carbonyl (C=O) groups excluding carboxylic acids is 1. The van der Waals surface area contributed by atoms with Crippen molar-refractivity contribution >= 4 is 40.2 Å². The van der Waals surface area contributed by atoms with Crippen LogP contribution in [0.3, 0.4) is 0 Å². The van der Waals surface area contributed by atoms with Gasteiger partial charge in [0.05, 0.1) is 10.0 Å². The van der Waals surface area contributed by atoms with Gasteiger partial charge in [-0.3, -0.25) is 4.79 Å². The summed E-state index contributed by atoms with van der Waals surface area (Å²) < 4.78 is 6.11. The molecule has 1 aromatic heterocycles. The number of thiophene rings is 1. The summed E-state index contributed by atoms with van der Waals surface area (Å²) >= 11 is 7.46. The van der Waals surface area contributed by atoms with Crippen molar-refractivity contribution in [3.8, 4) is 5.75 Å². The lowest BCUT2D eigenvalue weighted by molar-refractivity contribution is -0.118. The van der Waals surface area contributed by atoms with Crippen molar-refractivity contribution in [3.63, 3.8) is 0 Å². The van der Waals surface area contributed by atoms with Crippen molar-refractivity contribution in [1.82, 2.24) is 0 Å². The third-order valence-corrected chi connectivity index (χ3v) is 4.19. The lowest BCUT2D eigenvalue weighted by Gasteiger charge is -2.20. The molecule has 2 N–H and O–H groups in total. The zero-order valence-electron chi connectivity index (χ0n) is 10.8. The zero-order chi connectivity index (χ0) is 14.1. The number of benzene rings is 1. The summed E-state index contributed by atoms with van der Waals surface area (Å²) in [6.45, 7) is 2.14. The lowest BCUT2D eigenvalue weighted by Crippen LogP contribution is -2.25. The minimum absolute atomic E-state index is 0.0730. The number of carbonyl (C=O) groups is 1. The average molecular weight is 309 g/mol. The molecule has 0 radical (unpaired) electrons. The average Bonchev–Trinajstić information content (AvgIpc) is 2.85. The first-order valence-corrected chi connectivity index (χ1v) is 7.45. The van der Waals surface area contributed by atoms with Gasteiger partial charge in [-0.2, -0.15) is 0 Å². The molecule has 1 atom stereocenters. The Morgan fingerprint density at radius 3 is 3.05 bits per heavy atom. The maximum Gasteiger partial charge on any atom is 0.262 e. The molecule has 3 rings (SSSR count). The molecule has 0 aliphatic carbocycles. The van der Waals surface area contributed by atoms with E-state index in [9.17, 15) is 4.79 Å². The van der Waals surface area contributed by atoms with Gasteiger partial charge in [-0.15, -0.1) is 11.3 Å². The van der Waals surface area contributed by atoms with Gasteiger partial charge in [0.25, 0.3) is 5.91 Å². The number of nitrogens with one attached hydrogen (secondary N) is 2. The Bertz CT molecular complexity index is 656. The summed E-state index contributed by atoms with van der Waals surface area (Å²) in [5, 5.41) is 8.20. The van der Waals surface area contributed by atoms with Crippen LogP contribution in [0.5, 0.6) is 5.75 Å². The van der Waals surface area contributed by atoms with Gasteiger partial charge in [0.15, 0.2) is 6.61 Å². The van der Waals surface area contributed by atoms with Crippen LogP contribution in [-0.2, 0) is 4.79 Å². The monoisotopic (exact) mass is 308 g/mol. The Balaban J connectivity index is 1.78. The highest BCUT2D eigenvalue weighted by atomic mass is 35.5. The second-order valence-corrected chi connectivity index (χ2v) is 6.14. The van der Waals surface area contributed by atoms with Gasteiger partial charge in [-0.25, -0.2) is 0 Å². The highest BCUT2D eigenvalue weighted by molar-refractivity contribution is 7.14. The van der Waals surface area contributed by atoms with Gasteiger partial charge in [-0.05, 0) is 42.1 Å². The van der Waals surface area contributed by atoms with E-state index in [1.54, 1.807) is 0 Å². The molecule has 1 amide bonds. The predicted octanol–water partition coefficient (Wildman–Crippen LogP) is 3.91. The molecule has 20 heavy (non-hydrogen) atoms. The smallest absolute Gasteiger partial charge is 0.262 e. The lowest BCUT2D eigenvalue weighted by atomic mass is 10.1. The van der Waals surface area contributed by atoms with Gasteiger partial charge in [0.1, 0.15) is 5.75 Å². The third-order valence-electron chi connectivity index (χ3n) is 3.08. The van der Waals surface area contributed by atoms with Crippen molar-refractivity contribution in [3.05, 3.63) is 39.5 Å². The Hall–Kier alpha value is -1.72. The van der Waals surface area contributed by atoms with Crippen molar-refractivity contribution in [2.24, 2.45) is 0 Å². The van der Waals surface area contributed by atoms with Crippen molar-refractivity contribution in [2.45, 2.75) is 13.0 Å². The predicted molar refractivity (Wildman–Crippen MR) is 81.9 cm³/mol. The highest BCUT2D eigenvalue weighted by Crippen LogP contribution is 2.32. The van der Waals surface area contributed by atoms with Gasteiger partial charge >= 0.3 is 0 Å². The summed E-state index contributed by atoms with van der Waals surface area (Å²) in [6, 6.07) is 7.74. The Morgan fingerprint density at radius 2 is 2.30 bits per heavy atom. The van der Waals surface area contributed by atoms with E-state index in [2.05, 4.69) is 17.6 Å². The van der Waals surface area contributed by atoms with Crippen molar-refractivity contribution in [2.75, 3.05) is 17.2 Å². The molecule has 1 aliphatic heterocycles. The van der Waals surface area contributed by atoms with Crippen LogP contribution in [0.2, 0.25) is 4.34 Å². The van der Waals surface area contributed by atoms with E-state index >= 15 is 0 Å². The first-order chi connectivity index (χ1) is 9.61. The van der Waals surface area contributed by atoms with E-state index in [0.29, 0.717) is 11.4 Å². The number of amides is 1. The fraction of sp³-hybridized carbons (Fsp3) is 0.214. The molecule has 4 nitrogen and oxygen atoms in total. The maximum absolute atomic E-state index is 11.3. The standard InChI is InChI=1S/C14H13ClN2O2S/c1-8(9-4-13(15)20-7-9)16-10-2-3-12-11(5-10)17-14(18)6-19-12/h2-5,7-8,16H,6H2,1H3,(H,17,18). The molecular weight excluding hydrogens is 296 g/mol. The van der Waals surface area contributed by atoms with Crippen molar-refractivity contribution < 1.29 is 9.53 Å². The van der Waals surface area contributed by atoms with E-state index < -0.39 is 0 Å². The molecule has 1 aromatic carbocycles. The van der Waals surface area contributed by atoms with Crippen LogP contribution in [0.1, 0.15) is 18.5 Å². The normalized spacial score (nSPS) is 15.0. The molecule has 1 unspecified atom stereocenters. The molecule has 0 bridgehead atoms. The minimum Gasteiger partial charge on any atom is -0.482 e. The molecule has 1 aliphatic rings. The Kier molecular flexibility index (Phi) is 3.54. The van der Waals surface area contributed by atoms with E-state index in [1.165, 1.54) is 11.3 Å². The third kappa shape index (κ3) is 2.73.